The van der Waals surface area contributed by atoms with Crippen LogP contribution in [0.3, 0.4) is 0 Å². The SMILES string of the molecule is COC(=O)c1ccccc1[C@@H]1O[C@@H](n2ncc3c(Cl)cc(Cl)nc32)[C@H](OC(C)=O)[C@@H]1N=[N+]=[N-]. The number of halogens is 2. The van der Waals surface area contributed by atoms with E-state index in [2.05, 4.69) is 20.1 Å². The summed E-state index contributed by atoms with van der Waals surface area (Å²) in [5, 5.41) is 9.06. The van der Waals surface area contributed by atoms with Crippen molar-refractivity contribution in [3.05, 3.63) is 68.3 Å². The molecule has 2 aromatic heterocycles. The molecule has 0 aliphatic carbocycles. The zero-order valence-electron chi connectivity index (χ0n) is 17.3. The molecule has 3 aromatic rings. The zero-order valence-corrected chi connectivity index (χ0v) is 18.8. The van der Waals surface area contributed by atoms with Gasteiger partial charge in [0.1, 0.15) is 11.2 Å². The molecule has 0 spiro atoms. The van der Waals surface area contributed by atoms with Crippen molar-refractivity contribution in [1.29, 1.82) is 0 Å². The molecule has 0 bridgehead atoms. The summed E-state index contributed by atoms with van der Waals surface area (Å²) in [7, 11) is 1.25. The first-order chi connectivity index (χ1) is 15.8. The Balaban J connectivity index is 1.88. The molecule has 1 fully saturated rings. The van der Waals surface area contributed by atoms with Crippen LogP contribution in [0.1, 0.15) is 35.2 Å². The number of rotatable bonds is 5. The van der Waals surface area contributed by atoms with E-state index >= 15 is 0 Å². The number of hydrogen-bond acceptors (Lipinski definition) is 8. The topological polar surface area (TPSA) is 141 Å². The monoisotopic (exact) mass is 490 g/mol. The molecule has 170 valence electrons. The van der Waals surface area contributed by atoms with Gasteiger partial charge in [-0.05, 0) is 23.2 Å². The van der Waals surface area contributed by atoms with Crippen LogP contribution in [-0.2, 0) is 19.0 Å². The van der Waals surface area contributed by atoms with Crippen LogP contribution in [-0.4, -0.2) is 46.0 Å². The summed E-state index contributed by atoms with van der Waals surface area (Å²) < 4.78 is 17.9. The molecule has 13 heteroatoms. The maximum absolute atomic E-state index is 12.4. The lowest BCUT2D eigenvalue weighted by Crippen LogP contribution is -2.33. The minimum atomic E-state index is -1.10. The second-order valence-electron chi connectivity index (χ2n) is 7.05. The van der Waals surface area contributed by atoms with Gasteiger partial charge < -0.3 is 14.2 Å². The largest absolute Gasteiger partial charge is 0.465 e. The van der Waals surface area contributed by atoms with Gasteiger partial charge in [0.05, 0.1) is 35.4 Å². The molecule has 1 aromatic carbocycles. The fourth-order valence-corrected chi connectivity index (χ4v) is 4.27. The summed E-state index contributed by atoms with van der Waals surface area (Å²) in [6.45, 7) is 1.22. The van der Waals surface area contributed by atoms with Gasteiger partial charge in [0.2, 0.25) is 0 Å². The predicted molar refractivity (Wildman–Crippen MR) is 117 cm³/mol. The van der Waals surface area contributed by atoms with Crippen molar-refractivity contribution in [3.8, 4) is 0 Å². The molecule has 0 saturated carbocycles. The van der Waals surface area contributed by atoms with Gasteiger partial charge in [0.25, 0.3) is 0 Å². The first-order valence-electron chi connectivity index (χ1n) is 9.59. The van der Waals surface area contributed by atoms with Gasteiger partial charge in [-0.25, -0.2) is 14.5 Å². The third-order valence-electron chi connectivity index (χ3n) is 5.10. The molecule has 1 saturated heterocycles. The van der Waals surface area contributed by atoms with Crippen LogP contribution in [0.4, 0.5) is 0 Å². The van der Waals surface area contributed by atoms with Crippen LogP contribution >= 0.6 is 23.2 Å². The van der Waals surface area contributed by atoms with E-state index in [1.54, 1.807) is 24.3 Å². The number of pyridine rings is 1. The van der Waals surface area contributed by atoms with Crippen LogP contribution < -0.4 is 0 Å². The average Bonchev–Trinajstić information content (AvgIpc) is 3.35. The van der Waals surface area contributed by atoms with Crippen molar-refractivity contribution in [2.75, 3.05) is 7.11 Å². The molecule has 3 heterocycles. The molecular weight excluding hydrogens is 475 g/mol. The second-order valence-corrected chi connectivity index (χ2v) is 7.84. The van der Waals surface area contributed by atoms with Gasteiger partial charge in [-0.3, -0.25) is 4.79 Å². The maximum Gasteiger partial charge on any atom is 0.338 e. The number of methoxy groups -OCH3 is 1. The number of carbonyl (C=O) groups excluding carboxylic acids is 2. The van der Waals surface area contributed by atoms with E-state index < -0.39 is 36.4 Å². The Morgan fingerprint density at radius 2 is 2.06 bits per heavy atom. The average molecular weight is 491 g/mol. The molecule has 11 nitrogen and oxygen atoms in total. The number of hydrogen-bond donors (Lipinski definition) is 0. The van der Waals surface area contributed by atoms with Crippen LogP contribution in [0.15, 0.2) is 41.6 Å². The standard InChI is InChI=1S/C20H16Cl2N6O5/c1-9(29)32-17-15(26-27-23)16(10-5-3-4-6-11(10)20(30)31-2)33-19(17)28-18-12(8-24-28)13(21)7-14(22)25-18/h3-8,15-17,19H,1-2H3/t15-,16+,17-,19-/m1/s1. The number of carbonyl (C=O) groups is 2. The van der Waals surface area contributed by atoms with Gasteiger partial charge in [-0.2, -0.15) is 5.10 Å². The van der Waals surface area contributed by atoms with Gasteiger partial charge in [0, 0.05) is 11.8 Å². The summed E-state index contributed by atoms with van der Waals surface area (Å²) in [4.78, 5) is 31.4. The maximum atomic E-state index is 12.4. The highest BCUT2D eigenvalue weighted by Crippen LogP contribution is 2.44. The first kappa shape index (κ1) is 22.8. The van der Waals surface area contributed by atoms with Gasteiger partial charge >= 0.3 is 11.9 Å². The van der Waals surface area contributed by atoms with E-state index in [-0.39, 0.29) is 16.4 Å². The third-order valence-corrected chi connectivity index (χ3v) is 5.61. The number of ether oxygens (including phenoxy) is 3. The molecular formula is C20H16Cl2N6O5. The second kappa shape index (κ2) is 9.24. The van der Waals surface area contributed by atoms with E-state index in [1.807, 2.05) is 0 Å². The third kappa shape index (κ3) is 4.19. The number of esters is 2. The van der Waals surface area contributed by atoms with Crippen LogP contribution in [0.25, 0.3) is 21.5 Å². The normalized spacial score (nSPS) is 22.1. The highest BCUT2D eigenvalue weighted by atomic mass is 35.5. The molecule has 0 N–H and O–H groups in total. The molecule has 4 rings (SSSR count). The van der Waals surface area contributed by atoms with Gasteiger partial charge in [-0.15, -0.1) is 0 Å². The summed E-state index contributed by atoms with van der Waals surface area (Å²) in [6, 6.07) is 6.96. The Morgan fingerprint density at radius 1 is 1.30 bits per heavy atom. The summed E-state index contributed by atoms with van der Waals surface area (Å²) in [5.41, 5.74) is 10.1. The van der Waals surface area contributed by atoms with E-state index in [0.29, 0.717) is 16.0 Å². The molecule has 33 heavy (non-hydrogen) atoms. The molecule has 1 aliphatic rings. The molecule has 0 unspecified atom stereocenters. The van der Waals surface area contributed by atoms with Crippen LogP contribution in [0.2, 0.25) is 10.2 Å². The van der Waals surface area contributed by atoms with E-state index in [1.165, 1.54) is 31.0 Å². The Morgan fingerprint density at radius 3 is 2.76 bits per heavy atom. The summed E-state index contributed by atoms with van der Waals surface area (Å²) in [5.74, 6) is -1.24. The zero-order chi connectivity index (χ0) is 23.7. The van der Waals surface area contributed by atoms with Crippen LogP contribution in [0, 0.1) is 0 Å². The van der Waals surface area contributed by atoms with Crippen molar-refractivity contribution in [3.63, 3.8) is 0 Å². The minimum absolute atomic E-state index is 0.121. The lowest BCUT2D eigenvalue weighted by molar-refractivity contribution is -0.153. The minimum Gasteiger partial charge on any atom is -0.465 e. The molecule has 4 atom stereocenters. The fourth-order valence-electron chi connectivity index (χ4n) is 3.79. The van der Waals surface area contributed by atoms with Gasteiger partial charge in [-0.1, -0.05) is 46.5 Å². The summed E-state index contributed by atoms with van der Waals surface area (Å²) >= 11 is 12.3. The number of azide groups is 1. The van der Waals surface area contributed by atoms with Crippen molar-refractivity contribution >= 4 is 46.2 Å². The predicted octanol–water partition coefficient (Wildman–Crippen LogP) is 4.41. The number of benzene rings is 1. The van der Waals surface area contributed by atoms with E-state index in [0.717, 1.165) is 0 Å². The van der Waals surface area contributed by atoms with Crippen molar-refractivity contribution in [2.45, 2.75) is 31.4 Å². The number of aromatic nitrogens is 3. The molecule has 0 radical (unpaired) electrons. The molecule has 1 aliphatic heterocycles. The van der Waals surface area contributed by atoms with E-state index in [9.17, 15) is 15.1 Å². The van der Waals surface area contributed by atoms with Crippen molar-refractivity contribution in [2.24, 2.45) is 5.11 Å². The summed E-state index contributed by atoms with van der Waals surface area (Å²) in [6.07, 6.45) is -1.68. The smallest absolute Gasteiger partial charge is 0.338 e. The lowest BCUT2D eigenvalue weighted by atomic mass is 9.96. The number of nitrogens with zero attached hydrogens (tertiary/aromatic N) is 6. The number of fused-ring (bicyclic) bond motifs is 1. The fraction of sp³-hybridized carbons (Fsp3) is 0.300. The first-order valence-corrected chi connectivity index (χ1v) is 10.3. The molecule has 0 amide bonds. The Labute approximate surface area is 196 Å². The van der Waals surface area contributed by atoms with E-state index in [4.69, 9.17) is 37.4 Å². The Hall–Kier alpha value is -3.37. The van der Waals surface area contributed by atoms with Crippen molar-refractivity contribution < 1.29 is 23.8 Å². The highest BCUT2D eigenvalue weighted by molar-refractivity contribution is 6.37. The quantitative estimate of drug-likeness (QED) is 0.169. The van der Waals surface area contributed by atoms with Gasteiger partial charge in [0.15, 0.2) is 18.0 Å². The Bertz CT molecular complexity index is 1290. The lowest BCUT2D eigenvalue weighted by Gasteiger charge is -2.21. The highest BCUT2D eigenvalue weighted by Gasteiger charge is 2.50. The van der Waals surface area contributed by atoms with Crippen molar-refractivity contribution in [1.82, 2.24) is 14.8 Å². The Kier molecular flexibility index (Phi) is 6.39. The van der Waals surface area contributed by atoms with Crippen LogP contribution in [0.5, 0.6) is 0 Å².